The zero-order chi connectivity index (χ0) is 20.7. The van der Waals surface area contributed by atoms with Crippen molar-refractivity contribution in [1.29, 1.82) is 0 Å². The first-order chi connectivity index (χ1) is 13.1. The lowest BCUT2D eigenvalue weighted by atomic mass is 10.1. The number of rotatable bonds is 2. The molecular formula is C23H22O4Si. The third kappa shape index (κ3) is 7.15. The van der Waals surface area contributed by atoms with Crippen LogP contribution in [0.15, 0.2) is 42.5 Å². The Kier molecular flexibility index (Phi) is 6.82. The summed E-state index contributed by atoms with van der Waals surface area (Å²) in [6, 6.07) is 12.3. The van der Waals surface area contributed by atoms with Gasteiger partial charge in [0.2, 0.25) is 0 Å². The SMILES string of the molecule is CC(=O)Oc1ccc(OC(C)=O)c(C#Cc2cccc(C#C[Si](C)(C)C)c2)c1. The Morgan fingerprint density at radius 1 is 0.821 bits per heavy atom. The van der Waals surface area contributed by atoms with Crippen LogP contribution in [-0.2, 0) is 9.59 Å². The van der Waals surface area contributed by atoms with Crippen LogP contribution in [0.25, 0.3) is 0 Å². The molecule has 0 spiro atoms. The number of ether oxygens (including phenoxy) is 2. The van der Waals surface area contributed by atoms with Crippen LogP contribution < -0.4 is 9.47 Å². The highest BCUT2D eigenvalue weighted by Gasteiger charge is 2.09. The van der Waals surface area contributed by atoms with E-state index >= 15 is 0 Å². The van der Waals surface area contributed by atoms with E-state index < -0.39 is 20.0 Å². The second kappa shape index (κ2) is 9.08. The van der Waals surface area contributed by atoms with Gasteiger partial charge in [-0.05, 0) is 30.3 Å². The number of benzene rings is 2. The quantitative estimate of drug-likeness (QED) is 0.334. The van der Waals surface area contributed by atoms with E-state index in [1.807, 2.05) is 24.3 Å². The Bertz CT molecular complexity index is 1020. The summed E-state index contributed by atoms with van der Waals surface area (Å²) in [5.74, 6) is 9.01. The fourth-order valence-corrected chi connectivity index (χ4v) is 2.67. The van der Waals surface area contributed by atoms with E-state index in [9.17, 15) is 9.59 Å². The van der Waals surface area contributed by atoms with E-state index in [-0.39, 0.29) is 0 Å². The van der Waals surface area contributed by atoms with Crippen molar-refractivity contribution in [3.05, 3.63) is 59.2 Å². The lowest BCUT2D eigenvalue weighted by Gasteiger charge is -2.07. The molecule has 142 valence electrons. The molecule has 0 aliphatic heterocycles. The normalized spacial score (nSPS) is 10.0. The molecule has 5 heteroatoms. The summed E-state index contributed by atoms with van der Waals surface area (Å²) in [5.41, 5.74) is 5.47. The minimum atomic E-state index is -1.46. The van der Waals surface area contributed by atoms with E-state index in [0.29, 0.717) is 17.1 Å². The molecule has 0 amide bonds. The highest BCUT2D eigenvalue weighted by Crippen LogP contribution is 2.24. The predicted molar refractivity (Wildman–Crippen MR) is 112 cm³/mol. The molecule has 2 rings (SSSR count). The van der Waals surface area contributed by atoms with Gasteiger partial charge < -0.3 is 9.47 Å². The van der Waals surface area contributed by atoms with Gasteiger partial charge in [-0.3, -0.25) is 9.59 Å². The highest BCUT2D eigenvalue weighted by molar-refractivity contribution is 6.83. The molecule has 2 aromatic carbocycles. The second-order valence-corrected chi connectivity index (χ2v) is 11.9. The summed E-state index contributed by atoms with van der Waals surface area (Å²) in [7, 11) is -1.46. The van der Waals surface area contributed by atoms with Crippen LogP contribution in [0.1, 0.15) is 30.5 Å². The monoisotopic (exact) mass is 390 g/mol. The van der Waals surface area contributed by atoms with Crippen LogP contribution in [-0.4, -0.2) is 20.0 Å². The molecule has 0 fully saturated rings. The van der Waals surface area contributed by atoms with Crippen LogP contribution in [0.4, 0.5) is 0 Å². The third-order valence-electron chi connectivity index (χ3n) is 3.25. The number of carbonyl (C=O) groups excluding carboxylic acids is 2. The maximum absolute atomic E-state index is 11.3. The van der Waals surface area contributed by atoms with Gasteiger partial charge in [0.1, 0.15) is 19.6 Å². The first kappa shape index (κ1) is 21.0. The summed E-state index contributed by atoms with van der Waals surface area (Å²) in [4.78, 5) is 22.5. The van der Waals surface area contributed by atoms with Crippen LogP contribution in [0.3, 0.4) is 0 Å². The van der Waals surface area contributed by atoms with Crippen LogP contribution in [0.2, 0.25) is 19.6 Å². The molecule has 0 N–H and O–H groups in total. The van der Waals surface area contributed by atoms with E-state index in [1.165, 1.54) is 13.8 Å². The maximum Gasteiger partial charge on any atom is 0.308 e. The zero-order valence-electron chi connectivity index (χ0n) is 16.7. The van der Waals surface area contributed by atoms with Crippen molar-refractivity contribution in [1.82, 2.24) is 0 Å². The number of carbonyl (C=O) groups is 2. The minimum Gasteiger partial charge on any atom is -0.427 e. The van der Waals surface area contributed by atoms with Crippen LogP contribution >= 0.6 is 0 Å². The van der Waals surface area contributed by atoms with Crippen molar-refractivity contribution in [3.63, 3.8) is 0 Å². The Morgan fingerprint density at radius 2 is 1.46 bits per heavy atom. The average molecular weight is 391 g/mol. The number of hydrogen-bond donors (Lipinski definition) is 0. The zero-order valence-corrected chi connectivity index (χ0v) is 17.7. The van der Waals surface area contributed by atoms with Gasteiger partial charge in [-0.2, -0.15) is 0 Å². The molecule has 0 radical (unpaired) electrons. The fourth-order valence-electron chi connectivity index (χ4n) is 2.15. The Labute approximate surface area is 166 Å². The number of esters is 2. The minimum absolute atomic E-state index is 0.311. The third-order valence-corrected chi connectivity index (χ3v) is 4.13. The highest BCUT2D eigenvalue weighted by atomic mass is 28.3. The first-order valence-electron chi connectivity index (χ1n) is 8.78. The van der Waals surface area contributed by atoms with Crippen LogP contribution in [0, 0.1) is 23.3 Å². The van der Waals surface area contributed by atoms with Crippen LogP contribution in [0.5, 0.6) is 11.5 Å². The Hall–Kier alpha value is -3.28. The van der Waals surface area contributed by atoms with Crippen molar-refractivity contribution in [3.8, 4) is 34.8 Å². The van der Waals surface area contributed by atoms with Gasteiger partial charge in [0.15, 0.2) is 0 Å². The predicted octanol–water partition coefficient (Wildman–Crippen LogP) is 4.17. The van der Waals surface area contributed by atoms with Crippen molar-refractivity contribution in [2.45, 2.75) is 33.5 Å². The molecule has 0 aliphatic carbocycles. The Balaban J connectivity index is 2.39. The standard InChI is InChI=1S/C23H22O4Si/c1-17(24)26-22-11-12-23(27-18(2)25)21(16-22)10-9-19-7-6-8-20(15-19)13-14-28(3,4)5/h6-8,11-12,15-16H,1-5H3. The molecule has 0 saturated carbocycles. The van der Waals surface area contributed by atoms with Crippen molar-refractivity contribution < 1.29 is 19.1 Å². The lowest BCUT2D eigenvalue weighted by molar-refractivity contribution is -0.133. The molecule has 4 nitrogen and oxygen atoms in total. The summed E-state index contributed by atoms with van der Waals surface area (Å²) in [6.07, 6.45) is 0. The maximum atomic E-state index is 11.3. The molecule has 0 aliphatic rings. The van der Waals surface area contributed by atoms with Gasteiger partial charge in [-0.25, -0.2) is 0 Å². The van der Waals surface area contributed by atoms with Gasteiger partial charge in [0, 0.05) is 31.0 Å². The fraction of sp³-hybridized carbons (Fsp3) is 0.217. The largest absolute Gasteiger partial charge is 0.427 e. The molecule has 0 aromatic heterocycles. The topological polar surface area (TPSA) is 52.6 Å². The van der Waals surface area contributed by atoms with Gasteiger partial charge in [0.05, 0.1) is 5.56 Å². The molecule has 0 heterocycles. The van der Waals surface area contributed by atoms with Gasteiger partial charge in [-0.1, -0.05) is 43.5 Å². The molecule has 0 atom stereocenters. The van der Waals surface area contributed by atoms with E-state index in [0.717, 1.165) is 11.1 Å². The lowest BCUT2D eigenvalue weighted by Crippen LogP contribution is -2.16. The van der Waals surface area contributed by atoms with E-state index in [2.05, 4.69) is 42.9 Å². The van der Waals surface area contributed by atoms with Crippen molar-refractivity contribution >= 4 is 20.0 Å². The molecule has 2 aromatic rings. The summed E-state index contributed by atoms with van der Waals surface area (Å²) >= 11 is 0. The molecule has 0 unspecified atom stereocenters. The molecule has 0 saturated heterocycles. The second-order valence-electron chi connectivity index (χ2n) is 7.18. The van der Waals surface area contributed by atoms with Gasteiger partial charge >= 0.3 is 11.9 Å². The smallest absolute Gasteiger partial charge is 0.308 e. The summed E-state index contributed by atoms with van der Waals surface area (Å²) in [6.45, 7) is 9.21. The van der Waals surface area contributed by atoms with Gasteiger partial charge in [-0.15, -0.1) is 5.54 Å². The summed E-state index contributed by atoms with van der Waals surface area (Å²) < 4.78 is 10.3. The van der Waals surface area contributed by atoms with Crippen molar-refractivity contribution in [2.75, 3.05) is 0 Å². The molecule has 0 bridgehead atoms. The van der Waals surface area contributed by atoms with Crippen molar-refractivity contribution in [2.24, 2.45) is 0 Å². The van der Waals surface area contributed by atoms with Gasteiger partial charge in [0.25, 0.3) is 0 Å². The number of hydrogen-bond acceptors (Lipinski definition) is 4. The average Bonchev–Trinajstić information content (AvgIpc) is 2.59. The molecule has 28 heavy (non-hydrogen) atoms. The first-order valence-corrected chi connectivity index (χ1v) is 12.3. The molecular weight excluding hydrogens is 368 g/mol. The van der Waals surface area contributed by atoms with E-state index in [1.54, 1.807) is 18.2 Å². The summed E-state index contributed by atoms with van der Waals surface area (Å²) in [5, 5.41) is 0. The van der Waals surface area contributed by atoms with E-state index in [4.69, 9.17) is 9.47 Å². The Morgan fingerprint density at radius 3 is 2.07 bits per heavy atom.